The van der Waals surface area contributed by atoms with Crippen molar-refractivity contribution in [2.75, 3.05) is 17.7 Å². The Kier molecular flexibility index (Phi) is 7.36. The van der Waals surface area contributed by atoms with Crippen LogP contribution in [-0.2, 0) is 4.79 Å². The van der Waals surface area contributed by atoms with Gasteiger partial charge in [-0.1, -0.05) is 24.3 Å². The van der Waals surface area contributed by atoms with E-state index in [-0.39, 0.29) is 17.1 Å². The van der Waals surface area contributed by atoms with Gasteiger partial charge < -0.3 is 15.4 Å². The van der Waals surface area contributed by atoms with Gasteiger partial charge in [-0.3, -0.25) is 9.59 Å². The van der Waals surface area contributed by atoms with Crippen molar-refractivity contribution in [3.63, 3.8) is 0 Å². The van der Waals surface area contributed by atoms with Crippen LogP contribution in [-0.4, -0.2) is 24.2 Å². The third-order valence-corrected chi connectivity index (χ3v) is 5.85. The van der Waals surface area contributed by atoms with E-state index in [1.165, 1.54) is 11.8 Å². The Morgan fingerprint density at radius 2 is 1.71 bits per heavy atom. The predicted molar refractivity (Wildman–Crippen MR) is 127 cm³/mol. The van der Waals surface area contributed by atoms with Gasteiger partial charge in [0.05, 0.1) is 12.4 Å². The molecule has 3 aromatic rings. The number of nitrogens with one attached hydrogen (secondary N) is 2. The number of methoxy groups -OCH3 is 1. The zero-order valence-corrected chi connectivity index (χ0v) is 18.9. The molecular weight excluding hydrogens is 408 g/mol. The molecule has 0 heterocycles. The maximum atomic E-state index is 12.7. The Morgan fingerprint density at radius 3 is 2.48 bits per heavy atom. The molecule has 1 atom stereocenters. The summed E-state index contributed by atoms with van der Waals surface area (Å²) in [5.41, 5.74) is 4.13. The number of thioether (sulfide) groups is 1. The highest BCUT2D eigenvalue weighted by Gasteiger charge is 2.16. The largest absolute Gasteiger partial charge is 0.497 e. The lowest BCUT2D eigenvalue weighted by molar-refractivity contribution is -0.115. The molecule has 2 N–H and O–H groups in total. The Labute approximate surface area is 187 Å². The van der Waals surface area contributed by atoms with Crippen LogP contribution >= 0.6 is 11.8 Å². The summed E-state index contributed by atoms with van der Waals surface area (Å²) in [5.74, 6) is 0.340. The molecule has 0 fully saturated rings. The van der Waals surface area contributed by atoms with E-state index in [1.54, 1.807) is 31.4 Å². The van der Waals surface area contributed by atoms with Gasteiger partial charge in [0.1, 0.15) is 5.75 Å². The molecule has 0 radical (unpaired) electrons. The van der Waals surface area contributed by atoms with Crippen molar-refractivity contribution >= 4 is 35.0 Å². The standard InChI is InChI=1S/C25H26N2O3S/c1-16-11-12-17(2)23(13-16)27-24(28)18(3)31-22-10-6-8-20(15-22)26-25(29)19-7-5-9-21(14-19)30-4/h5-15,18H,1-4H3,(H,26,29)(H,27,28). The Hall–Kier alpha value is -3.25. The molecular formula is C25H26N2O3S. The molecule has 0 aliphatic rings. The van der Waals surface area contributed by atoms with Crippen molar-refractivity contribution in [3.8, 4) is 5.75 Å². The fourth-order valence-electron chi connectivity index (χ4n) is 2.98. The van der Waals surface area contributed by atoms with Crippen LogP contribution in [0.25, 0.3) is 0 Å². The third-order valence-electron chi connectivity index (χ3n) is 4.76. The zero-order chi connectivity index (χ0) is 22.4. The Bertz CT molecular complexity index is 1100. The van der Waals surface area contributed by atoms with E-state index in [0.717, 1.165) is 21.7 Å². The number of benzene rings is 3. The highest BCUT2D eigenvalue weighted by molar-refractivity contribution is 8.00. The second-order valence-corrected chi connectivity index (χ2v) is 8.70. The predicted octanol–water partition coefficient (Wildman–Crippen LogP) is 5.68. The summed E-state index contributed by atoms with van der Waals surface area (Å²) in [7, 11) is 1.56. The first-order valence-electron chi connectivity index (χ1n) is 9.96. The molecule has 31 heavy (non-hydrogen) atoms. The minimum Gasteiger partial charge on any atom is -0.497 e. The zero-order valence-electron chi connectivity index (χ0n) is 18.1. The van der Waals surface area contributed by atoms with Gasteiger partial charge in [-0.15, -0.1) is 11.8 Å². The number of carbonyl (C=O) groups excluding carboxylic acids is 2. The summed E-state index contributed by atoms with van der Waals surface area (Å²) in [6, 6.07) is 20.4. The number of amides is 2. The number of carbonyl (C=O) groups is 2. The molecule has 0 aromatic heterocycles. The SMILES string of the molecule is COc1cccc(C(=O)Nc2cccc(SC(C)C(=O)Nc3cc(C)ccc3C)c2)c1. The van der Waals surface area contributed by atoms with E-state index in [0.29, 0.717) is 17.0 Å². The third kappa shape index (κ3) is 6.12. The van der Waals surface area contributed by atoms with E-state index in [1.807, 2.05) is 63.2 Å². The first-order valence-corrected chi connectivity index (χ1v) is 10.8. The van der Waals surface area contributed by atoms with Crippen LogP contribution in [0.4, 0.5) is 11.4 Å². The van der Waals surface area contributed by atoms with Gasteiger partial charge in [0.15, 0.2) is 0 Å². The van der Waals surface area contributed by atoms with Gasteiger partial charge in [0, 0.05) is 21.8 Å². The van der Waals surface area contributed by atoms with E-state index in [4.69, 9.17) is 4.74 Å². The fraction of sp³-hybridized carbons (Fsp3) is 0.200. The average Bonchev–Trinajstić information content (AvgIpc) is 2.76. The normalized spacial score (nSPS) is 11.5. The number of hydrogen-bond donors (Lipinski definition) is 2. The van der Waals surface area contributed by atoms with Gasteiger partial charge in [0.25, 0.3) is 5.91 Å². The molecule has 6 heteroatoms. The lowest BCUT2D eigenvalue weighted by Gasteiger charge is -2.15. The van der Waals surface area contributed by atoms with Crippen LogP contribution in [0.1, 0.15) is 28.4 Å². The van der Waals surface area contributed by atoms with Gasteiger partial charge in [-0.25, -0.2) is 0 Å². The molecule has 3 rings (SSSR count). The van der Waals surface area contributed by atoms with Gasteiger partial charge >= 0.3 is 0 Å². The molecule has 2 amide bonds. The maximum absolute atomic E-state index is 12.7. The van der Waals surface area contributed by atoms with Crippen LogP contribution in [0.3, 0.4) is 0 Å². The lowest BCUT2D eigenvalue weighted by Crippen LogP contribution is -2.22. The van der Waals surface area contributed by atoms with Crippen molar-refractivity contribution < 1.29 is 14.3 Å². The minimum absolute atomic E-state index is 0.0653. The highest BCUT2D eigenvalue weighted by atomic mass is 32.2. The molecule has 0 spiro atoms. The van der Waals surface area contributed by atoms with Crippen LogP contribution in [0.2, 0.25) is 0 Å². The maximum Gasteiger partial charge on any atom is 0.255 e. The van der Waals surface area contributed by atoms with Gasteiger partial charge in [0.2, 0.25) is 5.91 Å². The van der Waals surface area contributed by atoms with E-state index < -0.39 is 0 Å². The first-order chi connectivity index (χ1) is 14.9. The lowest BCUT2D eigenvalue weighted by atomic mass is 10.1. The topological polar surface area (TPSA) is 67.4 Å². The molecule has 3 aromatic carbocycles. The van der Waals surface area contributed by atoms with Crippen LogP contribution in [0.5, 0.6) is 5.75 Å². The van der Waals surface area contributed by atoms with Crippen LogP contribution in [0.15, 0.2) is 71.6 Å². The van der Waals surface area contributed by atoms with Crippen LogP contribution in [0, 0.1) is 13.8 Å². The summed E-state index contributed by atoms with van der Waals surface area (Å²) in [6.45, 7) is 5.84. The summed E-state index contributed by atoms with van der Waals surface area (Å²) >= 11 is 1.44. The quantitative estimate of drug-likeness (QED) is 0.469. The molecule has 0 bridgehead atoms. The van der Waals surface area contributed by atoms with Crippen molar-refractivity contribution in [1.82, 2.24) is 0 Å². The van der Waals surface area contributed by atoms with Gasteiger partial charge in [-0.2, -0.15) is 0 Å². The molecule has 0 saturated heterocycles. The minimum atomic E-state index is -0.302. The molecule has 160 valence electrons. The number of ether oxygens (including phenoxy) is 1. The smallest absolute Gasteiger partial charge is 0.255 e. The molecule has 0 aliphatic heterocycles. The molecule has 0 aliphatic carbocycles. The number of anilines is 2. The monoisotopic (exact) mass is 434 g/mol. The average molecular weight is 435 g/mol. The Morgan fingerprint density at radius 1 is 0.935 bits per heavy atom. The fourth-order valence-corrected chi connectivity index (χ4v) is 3.90. The molecule has 1 unspecified atom stereocenters. The molecule has 0 saturated carbocycles. The summed E-state index contributed by atoms with van der Waals surface area (Å²) in [5, 5.41) is 5.60. The van der Waals surface area contributed by atoms with Crippen molar-refractivity contribution in [2.45, 2.75) is 30.9 Å². The van der Waals surface area contributed by atoms with E-state index in [9.17, 15) is 9.59 Å². The van der Waals surface area contributed by atoms with E-state index in [2.05, 4.69) is 10.6 Å². The summed E-state index contributed by atoms with van der Waals surface area (Å²) in [6.07, 6.45) is 0. The van der Waals surface area contributed by atoms with Crippen molar-refractivity contribution in [3.05, 3.63) is 83.4 Å². The number of hydrogen-bond acceptors (Lipinski definition) is 4. The van der Waals surface area contributed by atoms with Crippen molar-refractivity contribution in [1.29, 1.82) is 0 Å². The second-order valence-electron chi connectivity index (χ2n) is 7.28. The summed E-state index contributed by atoms with van der Waals surface area (Å²) in [4.78, 5) is 26.1. The highest BCUT2D eigenvalue weighted by Crippen LogP contribution is 2.27. The number of aryl methyl sites for hydroxylation is 2. The second kappa shape index (κ2) is 10.2. The first kappa shape index (κ1) is 22.4. The van der Waals surface area contributed by atoms with Gasteiger partial charge in [-0.05, 0) is 74.4 Å². The summed E-state index contributed by atoms with van der Waals surface area (Å²) < 4.78 is 5.18. The number of rotatable bonds is 7. The van der Waals surface area contributed by atoms with Crippen LogP contribution < -0.4 is 15.4 Å². The Balaban J connectivity index is 1.64. The van der Waals surface area contributed by atoms with E-state index >= 15 is 0 Å². The van der Waals surface area contributed by atoms with Crippen molar-refractivity contribution in [2.24, 2.45) is 0 Å². The molecule has 5 nitrogen and oxygen atoms in total.